The number of aliphatic hydroxyl groups excluding tert-OH is 2. The summed E-state index contributed by atoms with van der Waals surface area (Å²) >= 11 is 0. The maximum atomic E-state index is 9.30. The van der Waals surface area contributed by atoms with E-state index in [0.717, 1.165) is 35.5 Å². The van der Waals surface area contributed by atoms with Gasteiger partial charge < -0.3 is 10.2 Å². The van der Waals surface area contributed by atoms with Crippen LogP contribution in [0.2, 0.25) is 0 Å². The minimum absolute atomic E-state index is 0.312. The van der Waals surface area contributed by atoms with Crippen LogP contribution >= 0.6 is 0 Å². The standard InChI is InChI=1S/C12H18O2/c13-3-7-8(4-14)12-10-6-2-1-5(6)9(10)11(7)12/h5-14H,1-4H2. The van der Waals surface area contributed by atoms with Gasteiger partial charge in [-0.1, -0.05) is 0 Å². The normalized spacial score (nSPS) is 67.3. The van der Waals surface area contributed by atoms with Gasteiger partial charge in [0.1, 0.15) is 0 Å². The first-order valence-electron chi connectivity index (χ1n) is 6.10. The van der Waals surface area contributed by atoms with Gasteiger partial charge in [-0.05, 0) is 60.2 Å². The number of aliphatic hydroxyl groups is 2. The molecular formula is C12H18O2. The Morgan fingerprint density at radius 1 is 0.714 bits per heavy atom. The highest BCUT2D eigenvalue weighted by atomic mass is 16.3. The zero-order valence-electron chi connectivity index (χ0n) is 8.34. The van der Waals surface area contributed by atoms with Gasteiger partial charge in [0.25, 0.3) is 0 Å². The lowest BCUT2D eigenvalue weighted by Crippen LogP contribution is -2.78. The van der Waals surface area contributed by atoms with E-state index in [9.17, 15) is 10.2 Å². The van der Waals surface area contributed by atoms with Gasteiger partial charge in [-0.15, -0.1) is 0 Å². The molecule has 2 heteroatoms. The van der Waals surface area contributed by atoms with Crippen LogP contribution in [0.5, 0.6) is 0 Å². The topological polar surface area (TPSA) is 40.5 Å². The van der Waals surface area contributed by atoms with Crippen molar-refractivity contribution in [3.8, 4) is 0 Å². The highest BCUT2D eigenvalue weighted by molar-refractivity contribution is 5.23. The number of hydrogen-bond acceptors (Lipinski definition) is 2. The molecule has 4 aliphatic rings. The molecule has 4 aliphatic carbocycles. The van der Waals surface area contributed by atoms with Crippen LogP contribution < -0.4 is 0 Å². The second-order valence-electron chi connectivity index (χ2n) is 5.91. The summed E-state index contributed by atoms with van der Waals surface area (Å²) in [6.45, 7) is 0.625. The summed E-state index contributed by atoms with van der Waals surface area (Å²) in [5.41, 5.74) is 0. The Hall–Kier alpha value is -0.0800. The van der Waals surface area contributed by atoms with E-state index in [-0.39, 0.29) is 0 Å². The molecular weight excluding hydrogens is 176 g/mol. The molecule has 2 N–H and O–H groups in total. The average Bonchev–Trinajstić information content (AvgIpc) is 2.13. The fourth-order valence-electron chi connectivity index (χ4n) is 5.47. The molecule has 0 heterocycles. The first-order valence-corrected chi connectivity index (χ1v) is 6.10. The lowest BCUT2D eigenvalue weighted by molar-refractivity contribution is -0.344. The van der Waals surface area contributed by atoms with E-state index < -0.39 is 0 Å². The first-order chi connectivity index (χ1) is 6.88. The van der Waals surface area contributed by atoms with Crippen LogP contribution in [0.1, 0.15) is 12.8 Å². The monoisotopic (exact) mass is 194 g/mol. The minimum Gasteiger partial charge on any atom is -0.396 e. The number of hydrogen-bond donors (Lipinski definition) is 2. The molecule has 0 aromatic rings. The Morgan fingerprint density at radius 2 is 1.14 bits per heavy atom. The van der Waals surface area contributed by atoms with E-state index in [1.807, 2.05) is 0 Å². The molecule has 4 saturated carbocycles. The summed E-state index contributed by atoms with van der Waals surface area (Å²) in [4.78, 5) is 0. The van der Waals surface area contributed by atoms with E-state index in [1.165, 1.54) is 12.8 Å². The van der Waals surface area contributed by atoms with Crippen LogP contribution in [0.4, 0.5) is 0 Å². The zero-order chi connectivity index (χ0) is 9.45. The predicted octanol–water partition coefficient (Wildman–Crippen LogP) is 0.735. The van der Waals surface area contributed by atoms with E-state index in [0.29, 0.717) is 25.0 Å². The lowest BCUT2D eigenvalue weighted by Gasteiger charge is -2.81. The Bertz CT molecular complexity index is 241. The predicted molar refractivity (Wildman–Crippen MR) is 51.3 cm³/mol. The summed E-state index contributed by atoms with van der Waals surface area (Å²) in [6.07, 6.45) is 2.91. The molecule has 4 rings (SSSR count). The number of rotatable bonds is 2. The van der Waals surface area contributed by atoms with Gasteiger partial charge in [-0.2, -0.15) is 0 Å². The molecule has 0 radical (unpaired) electrons. The van der Waals surface area contributed by atoms with Crippen LogP contribution in [-0.2, 0) is 0 Å². The van der Waals surface area contributed by atoms with E-state index in [2.05, 4.69) is 0 Å². The van der Waals surface area contributed by atoms with Crippen LogP contribution in [-0.4, -0.2) is 23.4 Å². The smallest absolute Gasteiger partial charge is 0.0465 e. The zero-order valence-corrected chi connectivity index (χ0v) is 8.34. The third kappa shape index (κ3) is 0.594. The Balaban J connectivity index is 1.56. The van der Waals surface area contributed by atoms with Crippen molar-refractivity contribution in [3.63, 3.8) is 0 Å². The molecule has 14 heavy (non-hydrogen) atoms. The molecule has 2 nitrogen and oxygen atoms in total. The summed E-state index contributed by atoms with van der Waals surface area (Å²) in [7, 11) is 0. The molecule has 0 aliphatic heterocycles. The maximum Gasteiger partial charge on any atom is 0.0465 e. The molecule has 8 unspecified atom stereocenters. The minimum atomic E-state index is 0.312. The largest absolute Gasteiger partial charge is 0.396 e. The van der Waals surface area contributed by atoms with Gasteiger partial charge in [-0.25, -0.2) is 0 Å². The second kappa shape index (κ2) is 2.35. The van der Waals surface area contributed by atoms with Crippen molar-refractivity contribution in [2.24, 2.45) is 47.3 Å². The molecule has 0 aromatic heterocycles. The SMILES string of the molecule is OCC1C(CO)C2C1C1C3CCC3C21. The Labute approximate surface area is 84.3 Å². The van der Waals surface area contributed by atoms with Gasteiger partial charge in [0.05, 0.1) is 0 Å². The van der Waals surface area contributed by atoms with Crippen molar-refractivity contribution in [1.29, 1.82) is 0 Å². The van der Waals surface area contributed by atoms with Gasteiger partial charge in [0, 0.05) is 13.2 Å². The molecule has 78 valence electrons. The Morgan fingerprint density at radius 3 is 1.43 bits per heavy atom. The lowest BCUT2D eigenvalue weighted by atomic mass is 9.24. The van der Waals surface area contributed by atoms with E-state index >= 15 is 0 Å². The molecule has 4 fully saturated rings. The highest BCUT2D eigenvalue weighted by Gasteiger charge is 2.76. The Kier molecular flexibility index (Phi) is 1.37. The summed E-state index contributed by atoms with van der Waals surface area (Å²) < 4.78 is 0. The average molecular weight is 194 g/mol. The van der Waals surface area contributed by atoms with Gasteiger partial charge in [0.15, 0.2) is 0 Å². The van der Waals surface area contributed by atoms with Crippen LogP contribution in [0, 0.1) is 47.3 Å². The molecule has 0 bridgehead atoms. The van der Waals surface area contributed by atoms with Crippen molar-refractivity contribution >= 4 is 0 Å². The molecule has 0 aromatic carbocycles. The molecule has 0 amide bonds. The summed E-state index contributed by atoms with van der Waals surface area (Å²) in [6, 6.07) is 0. The fraction of sp³-hybridized carbons (Fsp3) is 1.00. The van der Waals surface area contributed by atoms with Crippen molar-refractivity contribution in [1.82, 2.24) is 0 Å². The molecule has 8 atom stereocenters. The second-order valence-corrected chi connectivity index (χ2v) is 5.91. The summed E-state index contributed by atoms with van der Waals surface area (Å²) in [5.74, 6) is 6.54. The van der Waals surface area contributed by atoms with E-state index in [1.54, 1.807) is 0 Å². The first kappa shape index (κ1) is 8.12. The third-order valence-electron chi connectivity index (χ3n) is 6.11. The van der Waals surface area contributed by atoms with Crippen molar-refractivity contribution < 1.29 is 10.2 Å². The number of fused-ring (bicyclic) bond motifs is 7. The molecule has 0 spiro atoms. The molecule has 0 saturated heterocycles. The van der Waals surface area contributed by atoms with Gasteiger partial charge >= 0.3 is 0 Å². The highest BCUT2D eigenvalue weighted by Crippen LogP contribution is 2.79. The van der Waals surface area contributed by atoms with Crippen LogP contribution in [0.25, 0.3) is 0 Å². The van der Waals surface area contributed by atoms with Crippen LogP contribution in [0.3, 0.4) is 0 Å². The van der Waals surface area contributed by atoms with Gasteiger partial charge in [-0.3, -0.25) is 0 Å². The maximum absolute atomic E-state index is 9.30. The van der Waals surface area contributed by atoms with E-state index in [4.69, 9.17) is 0 Å². The summed E-state index contributed by atoms with van der Waals surface area (Å²) in [5, 5.41) is 18.6. The fourth-order valence-corrected chi connectivity index (χ4v) is 5.47. The van der Waals surface area contributed by atoms with Crippen molar-refractivity contribution in [2.75, 3.05) is 13.2 Å². The van der Waals surface area contributed by atoms with Crippen LogP contribution in [0.15, 0.2) is 0 Å². The quantitative estimate of drug-likeness (QED) is 0.680. The third-order valence-corrected chi connectivity index (χ3v) is 6.11. The van der Waals surface area contributed by atoms with Crippen molar-refractivity contribution in [3.05, 3.63) is 0 Å². The van der Waals surface area contributed by atoms with Gasteiger partial charge in [0.2, 0.25) is 0 Å². The van der Waals surface area contributed by atoms with Crippen molar-refractivity contribution in [2.45, 2.75) is 12.8 Å².